The molecule has 0 saturated heterocycles. The van der Waals surface area contributed by atoms with E-state index < -0.39 is 54.3 Å². The Labute approximate surface area is 251 Å². The zero-order valence-electron chi connectivity index (χ0n) is 22.5. The van der Waals surface area contributed by atoms with Gasteiger partial charge in [-0.25, -0.2) is 4.57 Å². The Morgan fingerprint density at radius 1 is 0.767 bits per heavy atom. The predicted molar refractivity (Wildman–Crippen MR) is 153 cm³/mol. The van der Waals surface area contributed by atoms with E-state index in [0.717, 1.165) is 23.5 Å². The maximum absolute atomic E-state index is 15.5. The normalized spacial score (nSPS) is 28.4. The second-order valence-corrected chi connectivity index (χ2v) is 15.6. The largest absolute Gasteiger partial charge is 0.508 e. The number of phenolic OH excluding ortho intramolecular Hbond substituents is 1. The highest BCUT2D eigenvalue weighted by Gasteiger charge is 2.84. The standard InChI is InChI=1S/C29H23F6NO4S3/c1-25-19(14-21(41-25)16-4-6-18(37)7-5-16)23-24(28(32,33)29(34,35)27(23,30)31)20-15-22(42-26(20,25)2)17-8-11-36(12-9-17)10-3-13-43(38,39)40/h4-9,11-12,14-15H,3,10,13H2,1-2H3,(H,38,39,40)/p+1/t25-,26-/m1/s1. The van der Waals surface area contributed by atoms with Gasteiger partial charge in [-0.3, -0.25) is 4.55 Å². The first-order chi connectivity index (χ1) is 19.8. The van der Waals surface area contributed by atoms with Crippen LogP contribution in [0.5, 0.6) is 5.75 Å². The molecule has 228 valence electrons. The number of phenols is 1. The highest BCUT2D eigenvalue weighted by Crippen LogP contribution is 2.75. The van der Waals surface area contributed by atoms with Gasteiger partial charge in [0.2, 0.25) is 0 Å². The van der Waals surface area contributed by atoms with Crippen molar-refractivity contribution in [1.82, 2.24) is 0 Å². The van der Waals surface area contributed by atoms with E-state index in [0.29, 0.717) is 20.9 Å². The summed E-state index contributed by atoms with van der Waals surface area (Å²) in [5, 5.41) is 9.70. The molecule has 6 rings (SSSR count). The third kappa shape index (κ3) is 4.26. The summed E-state index contributed by atoms with van der Waals surface area (Å²) in [5.74, 6) is -16.4. The fourth-order valence-corrected chi connectivity index (χ4v) is 9.66. The molecule has 0 amide bonds. The highest BCUT2D eigenvalue weighted by molar-refractivity contribution is 8.14. The SMILES string of the molecule is C[C@@]12SC(c3ccc(O)cc3)=CC1=C1C(=C3C=C(c4cc[n+](CCCS(=O)(=O)O)cc4)S[C@]32C)C(F)(F)C(F)(F)C1(F)F. The van der Waals surface area contributed by atoms with Gasteiger partial charge in [0.1, 0.15) is 12.3 Å². The van der Waals surface area contributed by atoms with Gasteiger partial charge >= 0.3 is 17.8 Å². The fourth-order valence-electron chi connectivity index (χ4n) is 6.02. The number of fused-ring (bicyclic) bond motifs is 4. The lowest BCUT2D eigenvalue weighted by Crippen LogP contribution is -2.48. The number of aryl methyl sites for hydroxylation is 1. The fraction of sp³-hybridized carbons (Fsp3) is 0.345. The zero-order valence-corrected chi connectivity index (χ0v) is 25.0. The third-order valence-electron chi connectivity index (χ3n) is 8.47. The van der Waals surface area contributed by atoms with Crippen LogP contribution in [0.15, 0.2) is 83.2 Å². The molecule has 0 unspecified atom stereocenters. The van der Waals surface area contributed by atoms with Gasteiger partial charge in [0.15, 0.2) is 12.4 Å². The van der Waals surface area contributed by atoms with E-state index in [-0.39, 0.29) is 29.9 Å². The molecule has 2 atom stereocenters. The number of halogens is 6. The van der Waals surface area contributed by atoms with Gasteiger partial charge in [0.05, 0.1) is 15.2 Å². The van der Waals surface area contributed by atoms with Crippen LogP contribution in [-0.4, -0.2) is 51.1 Å². The number of aromatic hydroxyl groups is 1. The quantitative estimate of drug-likeness (QED) is 0.200. The molecule has 0 radical (unpaired) electrons. The first-order valence-electron chi connectivity index (χ1n) is 13.0. The van der Waals surface area contributed by atoms with Gasteiger partial charge in [-0.2, -0.15) is 34.8 Å². The molecule has 43 heavy (non-hydrogen) atoms. The van der Waals surface area contributed by atoms with Gasteiger partial charge in [0, 0.05) is 39.5 Å². The number of thioether (sulfide) groups is 2. The van der Waals surface area contributed by atoms with Crippen LogP contribution in [0.25, 0.3) is 9.81 Å². The van der Waals surface area contributed by atoms with Crippen molar-refractivity contribution < 1.29 is 49.0 Å². The number of pyridine rings is 1. The molecule has 2 aromatic rings. The summed E-state index contributed by atoms with van der Waals surface area (Å²) in [5.41, 5.74) is -2.22. The van der Waals surface area contributed by atoms with E-state index in [2.05, 4.69) is 0 Å². The topological polar surface area (TPSA) is 78.5 Å². The molecule has 2 aliphatic carbocycles. The van der Waals surface area contributed by atoms with E-state index in [1.54, 1.807) is 42.9 Å². The van der Waals surface area contributed by atoms with Crippen molar-refractivity contribution in [3.05, 3.63) is 94.4 Å². The summed E-state index contributed by atoms with van der Waals surface area (Å²) in [6.45, 7) is 3.46. The number of alkyl halides is 6. The number of benzene rings is 1. The molecule has 2 aliphatic heterocycles. The lowest BCUT2D eigenvalue weighted by molar-refractivity contribution is -0.696. The minimum absolute atomic E-state index is 0.0411. The number of aromatic nitrogens is 1. The number of hydrogen-bond acceptors (Lipinski definition) is 5. The molecule has 2 N–H and O–H groups in total. The average Bonchev–Trinajstić information content (AvgIpc) is 3.49. The molecule has 1 fully saturated rings. The summed E-state index contributed by atoms with van der Waals surface area (Å²) in [7, 11) is -4.12. The van der Waals surface area contributed by atoms with Crippen LogP contribution in [0.2, 0.25) is 0 Å². The van der Waals surface area contributed by atoms with Crippen LogP contribution in [-0.2, 0) is 16.7 Å². The molecule has 4 aliphatic rings. The molecule has 1 aromatic heterocycles. The monoisotopic (exact) mass is 660 g/mol. The van der Waals surface area contributed by atoms with Gasteiger partial charge in [-0.1, -0.05) is 12.1 Å². The number of nitrogens with zero attached hydrogens (tertiary/aromatic N) is 1. The van der Waals surface area contributed by atoms with Crippen LogP contribution in [0.3, 0.4) is 0 Å². The third-order valence-corrected chi connectivity index (χ3v) is 12.6. The zero-order chi connectivity index (χ0) is 31.4. The van der Waals surface area contributed by atoms with Crippen molar-refractivity contribution in [2.75, 3.05) is 5.75 Å². The maximum Gasteiger partial charge on any atom is 0.380 e. The van der Waals surface area contributed by atoms with Crippen LogP contribution < -0.4 is 4.57 Å². The summed E-state index contributed by atoms with van der Waals surface area (Å²) in [6.07, 6.45) is 5.94. The predicted octanol–water partition coefficient (Wildman–Crippen LogP) is 6.88. The van der Waals surface area contributed by atoms with Crippen LogP contribution >= 0.6 is 23.5 Å². The molecule has 14 heteroatoms. The van der Waals surface area contributed by atoms with Crippen LogP contribution in [0.1, 0.15) is 31.4 Å². The summed E-state index contributed by atoms with van der Waals surface area (Å²) in [4.78, 5) is 0.839. The summed E-state index contributed by atoms with van der Waals surface area (Å²) in [6, 6.07) is 9.11. The Hall–Kier alpha value is -2.68. The molecular formula is C29H24F6NO4S3+. The number of hydrogen-bond donors (Lipinski definition) is 2. The van der Waals surface area contributed by atoms with Crippen LogP contribution in [0.4, 0.5) is 26.3 Å². The number of rotatable bonds is 6. The highest BCUT2D eigenvalue weighted by atomic mass is 32.2. The summed E-state index contributed by atoms with van der Waals surface area (Å²) < 4.78 is 122. The Morgan fingerprint density at radius 2 is 1.21 bits per heavy atom. The molecular weight excluding hydrogens is 637 g/mol. The van der Waals surface area contributed by atoms with Crippen molar-refractivity contribution in [3.63, 3.8) is 0 Å². The van der Waals surface area contributed by atoms with E-state index in [9.17, 15) is 22.3 Å². The maximum atomic E-state index is 15.5. The van der Waals surface area contributed by atoms with Gasteiger partial charge in [-0.05, 0) is 60.4 Å². The lowest BCUT2D eigenvalue weighted by Gasteiger charge is -2.47. The second-order valence-electron chi connectivity index (χ2n) is 11.1. The smallest absolute Gasteiger partial charge is 0.380 e. The molecule has 1 aromatic carbocycles. The van der Waals surface area contributed by atoms with Gasteiger partial charge in [-0.15, -0.1) is 23.5 Å². The Kier molecular flexibility index (Phi) is 6.64. The number of allylic oxidation sites excluding steroid dienone is 4. The Morgan fingerprint density at radius 3 is 1.65 bits per heavy atom. The minimum Gasteiger partial charge on any atom is -0.508 e. The summed E-state index contributed by atoms with van der Waals surface area (Å²) >= 11 is 2.26. The van der Waals surface area contributed by atoms with Crippen LogP contribution in [0, 0.1) is 0 Å². The Balaban J connectivity index is 1.48. The minimum atomic E-state index is -5.65. The van der Waals surface area contributed by atoms with Crippen molar-refractivity contribution in [2.45, 2.75) is 54.1 Å². The van der Waals surface area contributed by atoms with E-state index in [1.807, 2.05) is 0 Å². The van der Waals surface area contributed by atoms with E-state index in [4.69, 9.17) is 4.55 Å². The van der Waals surface area contributed by atoms with E-state index in [1.165, 1.54) is 36.4 Å². The van der Waals surface area contributed by atoms with Crippen molar-refractivity contribution in [1.29, 1.82) is 0 Å². The van der Waals surface area contributed by atoms with Gasteiger partial charge in [0.25, 0.3) is 10.1 Å². The first kappa shape index (κ1) is 30.4. The molecule has 5 nitrogen and oxygen atoms in total. The molecule has 0 spiro atoms. The first-order valence-corrected chi connectivity index (χ1v) is 16.3. The molecule has 3 heterocycles. The Bertz CT molecular complexity index is 1780. The van der Waals surface area contributed by atoms with Crippen molar-refractivity contribution in [2.24, 2.45) is 0 Å². The van der Waals surface area contributed by atoms with E-state index >= 15 is 17.6 Å². The lowest BCUT2D eigenvalue weighted by atomic mass is 9.71. The second kappa shape index (κ2) is 9.41. The van der Waals surface area contributed by atoms with Crippen molar-refractivity contribution >= 4 is 43.5 Å². The van der Waals surface area contributed by atoms with Crippen molar-refractivity contribution in [3.8, 4) is 5.75 Å². The van der Waals surface area contributed by atoms with Gasteiger partial charge < -0.3 is 5.11 Å². The molecule has 0 bridgehead atoms. The molecule has 1 saturated carbocycles. The average molecular weight is 661 g/mol.